The molecule has 2 aromatic rings. The van der Waals surface area contributed by atoms with Gasteiger partial charge in [-0.05, 0) is 25.8 Å². The number of carbonyl (C=O) groups excluding carboxylic acids is 2. The third-order valence-corrected chi connectivity index (χ3v) is 3.10. The molecule has 0 fully saturated rings. The second kappa shape index (κ2) is 6.83. The molecular formula is C13H19N7O2. The van der Waals surface area contributed by atoms with Gasteiger partial charge < -0.3 is 10.6 Å². The number of nitrogens with one attached hydrogen (secondary N) is 3. The van der Waals surface area contributed by atoms with Crippen molar-refractivity contribution in [3.8, 4) is 0 Å². The maximum Gasteiger partial charge on any atom is 0.243 e. The zero-order valence-corrected chi connectivity index (χ0v) is 12.8. The van der Waals surface area contributed by atoms with Crippen LogP contribution in [0.1, 0.15) is 23.9 Å². The van der Waals surface area contributed by atoms with E-state index in [9.17, 15) is 9.59 Å². The number of aromatic amines is 1. The summed E-state index contributed by atoms with van der Waals surface area (Å²) in [5, 5.41) is 20.2. The van der Waals surface area contributed by atoms with Crippen LogP contribution in [0.3, 0.4) is 0 Å². The first kappa shape index (κ1) is 15.7. The molecule has 0 aliphatic carbocycles. The van der Waals surface area contributed by atoms with Crippen LogP contribution in [0.2, 0.25) is 0 Å². The summed E-state index contributed by atoms with van der Waals surface area (Å²) in [6.07, 6.45) is 2.11. The highest BCUT2D eigenvalue weighted by molar-refractivity contribution is 5.87. The number of amides is 2. The Morgan fingerprint density at radius 2 is 2.14 bits per heavy atom. The number of aromatic nitrogens is 5. The Balaban J connectivity index is 1.78. The number of anilines is 1. The molecule has 0 aliphatic rings. The third kappa shape index (κ3) is 4.14. The first-order valence-corrected chi connectivity index (χ1v) is 6.90. The van der Waals surface area contributed by atoms with Gasteiger partial charge in [-0.15, -0.1) is 5.10 Å². The van der Waals surface area contributed by atoms with E-state index in [-0.39, 0.29) is 18.4 Å². The van der Waals surface area contributed by atoms with Gasteiger partial charge in [0.05, 0.1) is 11.9 Å². The van der Waals surface area contributed by atoms with E-state index in [1.165, 1.54) is 17.9 Å². The van der Waals surface area contributed by atoms with Crippen molar-refractivity contribution in [1.82, 2.24) is 30.5 Å². The van der Waals surface area contributed by atoms with Crippen molar-refractivity contribution in [3.63, 3.8) is 0 Å². The van der Waals surface area contributed by atoms with Crippen LogP contribution >= 0.6 is 0 Å². The summed E-state index contributed by atoms with van der Waals surface area (Å²) in [4.78, 5) is 23.9. The largest absolute Gasteiger partial charge is 0.354 e. The summed E-state index contributed by atoms with van der Waals surface area (Å²) in [6, 6.07) is 0. The average Bonchev–Trinajstić information content (AvgIpc) is 2.98. The number of rotatable bonds is 6. The summed E-state index contributed by atoms with van der Waals surface area (Å²) in [5.74, 6) is -0.101. The van der Waals surface area contributed by atoms with Gasteiger partial charge >= 0.3 is 0 Å². The lowest BCUT2D eigenvalue weighted by molar-refractivity contribution is -0.122. The van der Waals surface area contributed by atoms with Crippen molar-refractivity contribution in [2.45, 2.75) is 33.7 Å². The molecule has 2 amide bonds. The molecule has 0 aliphatic heterocycles. The normalized spacial score (nSPS) is 10.5. The minimum absolute atomic E-state index is 0.00291. The summed E-state index contributed by atoms with van der Waals surface area (Å²) in [7, 11) is 0. The van der Waals surface area contributed by atoms with Crippen LogP contribution in [-0.4, -0.2) is 43.6 Å². The van der Waals surface area contributed by atoms with Gasteiger partial charge in [-0.3, -0.25) is 14.7 Å². The summed E-state index contributed by atoms with van der Waals surface area (Å²) in [6.45, 7) is 5.78. The standard InChI is InChI=1S/C13H19N7O2/c1-8-11(9(2)18-17-8)4-5-14-13(22)7-20-15-6-12(19-20)16-10(3)21/h6H,4-5,7H2,1-3H3,(H,14,22)(H,17,18)(H,16,19,21). The minimum atomic E-state index is -0.234. The van der Waals surface area contributed by atoms with Crippen molar-refractivity contribution in [3.05, 3.63) is 23.1 Å². The molecule has 118 valence electrons. The van der Waals surface area contributed by atoms with E-state index in [4.69, 9.17) is 0 Å². The first-order valence-electron chi connectivity index (χ1n) is 6.90. The first-order chi connectivity index (χ1) is 10.5. The van der Waals surface area contributed by atoms with Crippen molar-refractivity contribution < 1.29 is 9.59 Å². The molecule has 22 heavy (non-hydrogen) atoms. The molecule has 9 nitrogen and oxygen atoms in total. The van der Waals surface area contributed by atoms with Gasteiger partial charge in [0.2, 0.25) is 11.8 Å². The molecule has 0 aromatic carbocycles. The highest BCUT2D eigenvalue weighted by atomic mass is 16.2. The number of aryl methyl sites for hydroxylation is 2. The molecule has 0 bridgehead atoms. The lowest BCUT2D eigenvalue weighted by Gasteiger charge is -2.05. The van der Waals surface area contributed by atoms with Crippen molar-refractivity contribution in [2.24, 2.45) is 0 Å². The van der Waals surface area contributed by atoms with E-state index in [0.717, 1.165) is 17.0 Å². The van der Waals surface area contributed by atoms with E-state index in [2.05, 4.69) is 31.0 Å². The molecule has 9 heteroatoms. The number of H-pyrrole nitrogens is 1. The van der Waals surface area contributed by atoms with Crippen LogP contribution in [-0.2, 0) is 22.6 Å². The number of carbonyl (C=O) groups is 2. The van der Waals surface area contributed by atoms with Gasteiger partial charge in [-0.25, -0.2) is 0 Å². The molecule has 2 aromatic heterocycles. The van der Waals surface area contributed by atoms with E-state index < -0.39 is 0 Å². The Morgan fingerprint density at radius 3 is 2.77 bits per heavy atom. The van der Waals surface area contributed by atoms with Gasteiger partial charge in [-0.2, -0.15) is 15.0 Å². The third-order valence-electron chi connectivity index (χ3n) is 3.10. The maximum atomic E-state index is 11.8. The molecule has 3 N–H and O–H groups in total. The summed E-state index contributed by atoms with van der Waals surface area (Å²) < 4.78 is 0. The molecule has 2 rings (SSSR count). The second-order valence-electron chi connectivity index (χ2n) is 4.95. The van der Waals surface area contributed by atoms with Gasteiger partial charge in [-0.1, -0.05) is 0 Å². The molecular weight excluding hydrogens is 286 g/mol. The lowest BCUT2D eigenvalue weighted by Crippen LogP contribution is -2.30. The fraction of sp³-hybridized carbons (Fsp3) is 0.462. The van der Waals surface area contributed by atoms with Gasteiger partial charge in [0.1, 0.15) is 6.54 Å². The number of nitrogens with zero attached hydrogens (tertiary/aromatic N) is 4. The average molecular weight is 305 g/mol. The smallest absolute Gasteiger partial charge is 0.243 e. The number of hydrogen-bond acceptors (Lipinski definition) is 5. The van der Waals surface area contributed by atoms with E-state index >= 15 is 0 Å². The lowest BCUT2D eigenvalue weighted by atomic mass is 10.1. The Morgan fingerprint density at radius 1 is 1.36 bits per heavy atom. The Kier molecular flexibility index (Phi) is 4.87. The van der Waals surface area contributed by atoms with Crippen molar-refractivity contribution >= 4 is 17.6 Å². The second-order valence-corrected chi connectivity index (χ2v) is 4.95. The maximum absolute atomic E-state index is 11.8. The molecule has 0 atom stereocenters. The Bertz CT molecular complexity index is 654. The van der Waals surface area contributed by atoms with E-state index in [0.29, 0.717) is 18.8 Å². The molecule has 2 heterocycles. The van der Waals surface area contributed by atoms with E-state index in [1.54, 1.807) is 0 Å². The topological polar surface area (TPSA) is 118 Å². The van der Waals surface area contributed by atoms with E-state index in [1.807, 2.05) is 13.8 Å². The summed E-state index contributed by atoms with van der Waals surface area (Å²) in [5.41, 5.74) is 3.08. The highest BCUT2D eigenvalue weighted by Crippen LogP contribution is 2.09. The number of hydrogen-bond donors (Lipinski definition) is 3. The SMILES string of the molecule is CC(=O)Nc1cnn(CC(=O)NCCc2c(C)n[nH]c2C)n1. The van der Waals surface area contributed by atoms with Crippen LogP contribution in [0.4, 0.5) is 5.82 Å². The zero-order chi connectivity index (χ0) is 16.1. The predicted octanol–water partition coefficient (Wildman–Crippen LogP) is -0.0647. The summed E-state index contributed by atoms with van der Waals surface area (Å²) >= 11 is 0. The minimum Gasteiger partial charge on any atom is -0.354 e. The fourth-order valence-corrected chi connectivity index (χ4v) is 2.06. The Labute approximate surface area is 127 Å². The van der Waals surface area contributed by atoms with Crippen LogP contribution < -0.4 is 10.6 Å². The monoisotopic (exact) mass is 305 g/mol. The molecule has 0 saturated heterocycles. The Hall–Kier alpha value is -2.71. The van der Waals surface area contributed by atoms with Crippen LogP contribution in [0.15, 0.2) is 6.20 Å². The fourth-order valence-electron chi connectivity index (χ4n) is 2.06. The van der Waals surface area contributed by atoms with Crippen molar-refractivity contribution in [1.29, 1.82) is 0 Å². The predicted molar refractivity (Wildman–Crippen MR) is 79.1 cm³/mol. The van der Waals surface area contributed by atoms with Crippen molar-refractivity contribution in [2.75, 3.05) is 11.9 Å². The molecule has 0 saturated carbocycles. The quantitative estimate of drug-likeness (QED) is 0.691. The molecule has 0 radical (unpaired) electrons. The van der Waals surface area contributed by atoms with Crippen LogP contribution in [0, 0.1) is 13.8 Å². The van der Waals surface area contributed by atoms with Gasteiger partial charge in [0.15, 0.2) is 5.82 Å². The molecule has 0 spiro atoms. The molecule has 0 unspecified atom stereocenters. The van der Waals surface area contributed by atoms with Crippen LogP contribution in [0.5, 0.6) is 0 Å². The zero-order valence-electron chi connectivity index (χ0n) is 12.8. The van der Waals surface area contributed by atoms with Gasteiger partial charge in [0, 0.05) is 19.2 Å². The van der Waals surface area contributed by atoms with Gasteiger partial charge in [0.25, 0.3) is 0 Å². The van der Waals surface area contributed by atoms with Crippen LogP contribution in [0.25, 0.3) is 0 Å². The highest BCUT2D eigenvalue weighted by Gasteiger charge is 2.09.